The zero-order valence-corrected chi connectivity index (χ0v) is 9.17. The molecule has 15 heavy (non-hydrogen) atoms. The Morgan fingerprint density at radius 3 is 2.13 bits per heavy atom. The van der Waals surface area contributed by atoms with Crippen molar-refractivity contribution in [3.8, 4) is 0 Å². The minimum absolute atomic E-state index is 0.0301. The lowest BCUT2D eigenvalue weighted by molar-refractivity contribution is -0.182. The van der Waals surface area contributed by atoms with Gasteiger partial charge in [0.2, 0.25) is 0 Å². The molecule has 90 valence electrons. The Kier molecular flexibility index (Phi) is 4.95. The summed E-state index contributed by atoms with van der Waals surface area (Å²) in [6.45, 7) is -0.0301. The molecular weight excluding hydrogens is 200 g/mol. The van der Waals surface area contributed by atoms with Crippen LogP contribution in [0.4, 0.5) is 0 Å². The van der Waals surface area contributed by atoms with Gasteiger partial charge in [0.05, 0.1) is 12.2 Å². The van der Waals surface area contributed by atoms with E-state index in [4.69, 9.17) is 9.47 Å². The minimum Gasteiger partial charge on any atom is -0.396 e. The summed E-state index contributed by atoms with van der Waals surface area (Å²) in [5, 5.41) is 28.2. The zero-order chi connectivity index (χ0) is 11.4. The van der Waals surface area contributed by atoms with Crippen molar-refractivity contribution < 1.29 is 24.8 Å². The van der Waals surface area contributed by atoms with E-state index >= 15 is 0 Å². The van der Waals surface area contributed by atoms with Crippen molar-refractivity contribution in [1.29, 1.82) is 0 Å². The van der Waals surface area contributed by atoms with E-state index < -0.39 is 18.5 Å². The van der Waals surface area contributed by atoms with Gasteiger partial charge in [-0.25, -0.2) is 0 Å². The smallest absolute Gasteiger partial charge is 0.160 e. The van der Waals surface area contributed by atoms with Gasteiger partial charge < -0.3 is 24.8 Å². The first kappa shape index (κ1) is 12.9. The van der Waals surface area contributed by atoms with E-state index in [-0.39, 0.29) is 18.4 Å². The Bertz CT molecular complexity index is 183. The molecule has 0 spiro atoms. The molecule has 1 aliphatic carbocycles. The zero-order valence-electron chi connectivity index (χ0n) is 9.17. The highest BCUT2D eigenvalue weighted by Crippen LogP contribution is 2.33. The number of aliphatic hydroxyl groups excluding tert-OH is 3. The van der Waals surface area contributed by atoms with Gasteiger partial charge in [0.25, 0.3) is 0 Å². The van der Waals surface area contributed by atoms with Crippen molar-refractivity contribution in [1.82, 2.24) is 0 Å². The molecule has 3 N–H and O–H groups in total. The van der Waals surface area contributed by atoms with Crippen LogP contribution >= 0.6 is 0 Å². The second-order valence-corrected chi connectivity index (χ2v) is 4.05. The summed E-state index contributed by atoms with van der Waals surface area (Å²) < 4.78 is 10.3. The van der Waals surface area contributed by atoms with Crippen LogP contribution in [0.25, 0.3) is 0 Å². The molecule has 1 rings (SSSR count). The summed E-state index contributed by atoms with van der Waals surface area (Å²) >= 11 is 0. The van der Waals surface area contributed by atoms with Crippen LogP contribution in [-0.4, -0.2) is 54.6 Å². The summed E-state index contributed by atoms with van der Waals surface area (Å²) in [5.74, 6) is -0.170. The van der Waals surface area contributed by atoms with Crippen molar-refractivity contribution in [2.45, 2.75) is 31.3 Å². The molecule has 1 aliphatic rings. The molecule has 1 saturated carbocycles. The van der Waals surface area contributed by atoms with Crippen LogP contribution in [0.1, 0.15) is 12.8 Å². The van der Waals surface area contributed by atoms with Crippen molar-refractivity contribution in [3.63, 3.8) is 0 Å². The summed E-state index contributed by atoms with van der Waals surface area (Å²) in [5.41, 5.74) is 0. The summed E-state index contributed by atoms with van der Waals surface area (Å²) in [6.07, 6.45) is -1.19. The van der Waals surface area contributed by atoms with E-state index in [0.717, 1.165) is 0 Å². The first-order chi connectivity index (χ1) is 7.13. The van der Waals surface area contributed by atoms with E-state index in [1.807, 2.05) is 0 Å². The molecule has 5 nitrogen and oxygen atoms in total. The number of methoxy groups -OCH3 is 2. The molecule has 0 bridgehead atoms. The summed E-state index contributed by atoms with van der Waals surface area (Å²) in [7, 11) is 3.06. The highest BCUT2D eigenvalue weighted by Gasteiger charge is 2.39. The fraction of sp³-hybridized carbons (Fsp3) is 1.00. The van der Waals surface area contributed by atoms with Gasteiger partial charge >= 0.3 is 0 Å². The molecule has 4 atom stereocenters. The summed E-state index contributed by atoms with van der Waals surface area (Å²) in [6, 6.07) is 0. The van der Waals surface area contributed by atoms with Crippen LogP contribution in [-0.2, 0) is 9.47 Å². The second kappa shape index (κ2) is 5.77. The molecule has 1 fully saturated rings. The molecule has 0 aromatic carbocycles. The topological polar surface area (TPSA) is 79.2 Å². The van der Waals surface area contributed by atoms with Crippen LogP contribution in [0.5, 0.6) is 0 Å². The molecule has 0 aromatic heterocycles. The van der Waals surface area contributed by atoms with Crippen LogP contribution in [0.3, 0.4) is 0 Å². The number of ether oxygens (including phenoxy) is 2. The predicted octanol–water partition coefficient (Wildman–Crippen LogP) is -0.654. The van der Waals surface area contributed by atoms with E-state index in [1.54, 1.807) is 0 Å². The quantitative estimate of drug-likeness (QED) is 0.548. The van der Waals surface area contributed by atoms with Gasteiger partial charge in [-0.2, -0.15) is 0 Å². The van der Waals surface area contributed by atoms with Crippen LogP contribution in [0.2, 0.25) is 0 Å². The Morgan fingerprint density at radius 2 is 1.67 bits per heavy atom. The minimum atomic E-state index is -0.759. The molecule has 5 heteroatoms. The maximum atomic E-state index is 9.56. The third-order valence-electron chi connectivity index (χ3n) is 3.16. The van der Waals surface area contributed by atoms with E-state index in [1.165, 1.54) is 14.2 Å². The third kappa shape index (κ3) is 2.89. The second-order valence-electron chi connectivity index (χ2n) is 4.05. The molecule has 0 amide bonds. The Labute approximate surface area is 89.6 Å². The van der Waals surface area contributed by atoms with Crippen molar-refractivity contribution >= 4 is 0 Å². The molecular formula is C10H20O5. The molecule has 0 unspecified atom stereocenters. The van der Waals surface area contributed by atoms with Crippen molar-refractivity contribution in [2.75, 3.05) is 20.8 Å². The van der Waals surface area contributed by atoms with E-state index in [9.17, 15) is 15.3 Å². The number of hydrogen-bond acceptors (Lipinski definition) is 5. The molecule has 0 aromatic rings. The normalized spacial score (nSPS) is 37.2. The average molecular weight is 220 g/mol. The van der Waals surface area contributed by atoms with Gasteiger partial charge in [0, 0.05) is 26.7 Å². The standard InChI is InChI=1S/C10H20O5/c1-14-10(15-2)7-4-9(13)8(12)3-6(7)5-11/h6-13H,3-5H2,1-2H3/t6-,7-,8+,9-/m0/s1. The third-order valence-corrected chi connectivity index (χ3v) is 3.16. The Morgan fingerprint density at radius 1 is 1.13 bits per heavy atom. The number of rotatable bonds is 4. The largest absolute Gasteiger partial charge is 0.396 e. The lowest BCUT2D eigenvalue weighted by Gasteiger charge is -2.39. The molecule has 0 radical (unpaired) electrons. The molecule has 0 heterocycles. The first-order valence-electron chi connectivity index (χ1n) is 5.16. The van der Waals surface area contributed by atoms with Gasteiger partial charge in [-0.1, -0.05) is 0 Å². The monoisotopic (exact) mass is 220 g/mol. The van der Waals surface area contributed by atoms with Gasteiger partial charge in [-0.3, -0.25) is 0 Å². The van der Waals surface area contributed by atoms with Crippen LogP contribution in [0.15, 0.2) is 0 Å². The fourth-order valence-corrected chi connectivity index (χ4v) is 2.26. The van der Waals surface area contributed by atoms with Gasteiger partial charge in [0.15, 0.2) is 6.29 Å². The van der Waals surface area contributed by atoms with Crippen LogP contribution < -0.4 is 0 Å². The number of aliphatic hydroxyl groups is 3. The lowest BCUT2D eigenvalue weighted by Crippen LogP contribution is -2.45. The highest BCUT2D eigenvalue weighted by atomic mass is 16.7. The van der Waals surface area contributed by atoms with Crippen molar-refractivity contribution in [2.24, 2.45) is 11.8 Å². The lowest BCUT2D eigenvalue weighted by atomic mass is 9.76. The van der Waals surface area contributed by atoms with Crippen LogP contribution in [0, 0.1) is 11.8 Å². The maximum Gasteiger partial charge on any atom is 0.160 e. The fourth-order valence-electron chi connectivity index (χ4n) is 2.26. The Hall–Kier alpha value is -0.200. The van der Waals surface area contributed by atoms with Gasteiger partial charge in [0.1, 0.15) is 0 Å². The molecule has 0 aliphatic heterocycles. The SMILES string of the molecule is COC(OC)[C@H]1C[C@H](O)[C@H](O)C[C@H]1CO. The first-order valence-corrected chi connectivity index (χ1v) is 5.16. The predicted molar refractivity (Wildman–Crippen MR) is 53.1 cm³/mol. The highest BCUT2D eigenvalue weighted by molar-refractivity contribution is 4.86. The van der Waals surface area contributed by atoms with Gasteiger partial charge in [-0.05, 0) is 18.8 Å². The van der Waals surface area contributed by atoms with E-state index in [0.29, 0.717) is 12.8 Å². The van der Waals surface area contributed by atoms with Gasteiger partial charge in [-0.15, -0.1) is 0 Å². The average Bonchev–Trinajstić information content (AvgIpc) is 2.24. The number of hydrogen-bond donors (Lipinski definition) is 3. The van der Waals surface area contributed by atoms with Crippen molar-refractivity contribution in [3.05, 3.63) is 0 Å². The van der Waals surface area contributed by atoms with E-state index in [2.05, 4.69) is 0 Å². The summed E-state index contributed by atoms with van der Waals surface area (Å²) in [4.78, 5) is 0. The Balaban J connectivity index is 2.67. The molecule has 0 saturated heterocycles. The maximum absolute atomic E-state index is 9.56.